The fourth-order valence-electron chi connectivity index (χ4n) is 1.77. The van der Waals surface area contributed by atoms with Gasteiger partial charge in [-0.05, 0) is 18.2 Å². The number of H-pyrrole nitrogens is 2. The molecule has 2 N–H and O–H groups in total. The highest BCUT2D eigenvalue weighted by molar-refractivity contribution is 5.80. The first kappa shape index (κ1) is 10.2. The van der Waals surface area contributed by atoms with E-state index in [1.54, 1.807) is 18.2 Å². The Kier molecular flexibility index (Phi) is 2.17. The molecule has 0 bridgehead atoms. The second-order valence-corrected chi connectivity index (χ2v) is 3.72. The van der Waals surface area contributed by atoms with Gasteiger partial charge in [0.05, 0.1) is 16.7 Å². The van der Waals surface area contributed by atoms with E-state index in [2.05, 4.69) is 19.9 Å². The number of hydrogen-bond donors (Lipinski definition) is 2. The lowest BCUT2D eigenvalue weighted by Gasteiger charge is -2.00. The lowest BCUT2D eigenvalue weighted by molar-refractivity contribution is 1.12. The number of fused-ring (bicyclic) bond motifs is 1. The molecule has 1 aromatic carbocycles. The zero-order valence-electron chi connectivity index (χ0n) is 9.14. The summed E-state index contributed by atoms with van der Waals surface area (Å²) in [4.78, 5) is 24.4. The Morgan fingerprint density at radius 3 is 2.83 bits per heavy atom. The number of aromatic nitrogens is 4. The second-order valence-electron chi connectivity index (χ2n) is 3.72. The van der Waals surface area contributed by atoms with Gasteiger partial charge >= 0.3 is 5.69 Å². The van der Waals surface area contributed by atoms with Crippen LogP contribution in [0.25, 0.3) is 22.3 Å². The summed E-state index contributed by atoms with van der Waals surface area (Å²) in [7, 11) is 0. The van der Waals surface area contributed by atoms with Crippen molar-refractivity contribution in [3.63, 3.8) is 0 Å². The third kappa shape index (κ3) is 1.64. The van der Waals surface area contributed by atoms with Gasteiger partial charge in [0.2, 0.25) is 5.82 Å². The number of nitriles is 1. The van der Waals surface area contributed by atoms with Gasteiger partial charge in [-0.25, -0.2) is 14.8 Å². The SMILES string of the molecule is N#Cc1nccc(-c2ccc3[nH]c(=O)[nH]c3c2)n1. The molecule has 3 rings (SSSR count). The van der Waals surface area contributed by atoms with Crippen molar-refractivity contribution in [3.05, 3.63) is 46.8 Å². The van der Waals surface area contributed by atoms with Gasteiger partial charge in [-0.1, -0.05) is 6.07 Å². The average Bonchev–Trinajstić information content (AvgIpc) is 2.77. The van der Waals surface area contributed by atoms with Gasteiger partial charge < -0.3 is 9.97 Å². The molecule has 86 valence electrons. The molecule has 0 aliphatic heterocycles. The molecule has 0 saturated heterocycles. The Labute approximate surface area is 101 Å². The van der Waals surface area contributed by atoms with Crippen molar-refractivity contribution in [2.75, 3.05) is 0 Å². The zero-order valence-corrected chi connectivity index (χ0v) is 9.14. The molecule has 0 spiro atoms. The fourth-order valence-corrected chi connectivity index (χ4v) is 1.77. The number of aromatic amines is 2. The first-order chi connectivity index (χ1) is 8.76. The Morgan fingerprint density at radius 2 is 2.00 bits per heavy atom. The Bertz CT molecular complexity index is 824. The molecule has 18 heavy (non-hydrogen) atoms. The monoisotopic (exact) mass is 237 g/mol. The highest BCUT2D eigenvalue weighted by atomic mass is 16.1. The van der Waals surface area contributed by atoms with Crippen LogP contribution in [0.15, 0.2) is 35.3 Å². The molecule has 6 heteroatoms. The summed E-state index contributed by atoms with van der Waals surface area (Å²) in [5.41, 5.74) is 2.65. The lowest BCUT2D eigenvalue weighted by Crippen LogP contribution is -1.99. The van der Waals surface area contributed by atoms with Crippen molar-refractivity contribution in [1.29, 1.82) is 5.26 Å². The van der Waals surface area contributed by atoms with E-state index in [4.69, 9.17) is 5.26 Å². The van der Waals surface area contributed by atoms with Gasteiger partial charge in [0.25, 0.3) is 0 Å². The molecule has 2 aromatic heterocycles. The zero-order chi connectivity index (χ0) is 12.5. The van der Waals surface area contributed by atoms with E-state index < -0.39 is 0 Å². The van der Waals surface area contributed by atoms with Crippen LogP contribution in [-0.2, 0) is 0 Å². The van der Waals surface area contributed by atoms with E-state index >= 15 is 0 Å². The molecule has 0 aliphatic carbocycles. The van der Waals surface area contributed by atoms with E-state index in [0.717, 1.165) is 11.1 Å². The van der Waals surface area contributed by atoms with E-state index in [0.29, 0.717) is 11.2 Å². The quantitative estimate of drug-likeness (QED) is 0.664. The van der Waals surface area contributed by atoms with Crippen LogP contribution < -0.4 is 5.69 Å². The first-order valence-electron chi connectivity index (χ1n) is 5.22. The summed E-state index contributed by atoms with van der Waals surface area (Å²) in [5, 5.41) is 8.76. The minimum absolute atomic E-state index is 0.121. The van der Waals surface area contributed by atoms with E-state index in [1.165, 1.54) is 6.20 Å². The third-order valence-electron chi connectivity index (χ3n) is 2.57. The smallest absolute Gasteiger partial charge is 0.306 e. The predicted molar refractivity (Wildman–Crippen MR) is 64.7 cm³/mol. The Hall–Kier alpha value is -2.94. The molecule has 0 fully saturated rings. The molecule has 3 aromatic rings. The summed E-state index contributed by atoms with van der Waals surface area (Å²) in [6.07, 6.45) is 1.53. The molecule has 6 nitrogen and oxygen atoms in total. The third-order valence-corrected chi connectivity index (χ3v) is 2.57. The van der Waals surface area contributed by atoms with Gasteiger partial charge in [0.15, 0.2) is 0 Å². The highest BCUT2D eigenvalue weighted by Crippen LogP contribution is 2.20. The van der Waals surface area contributed by atoms with Crippen LogP contribution in [0.1, 0.15) is 5.82 Å². The van der Waals surface area contributed by atoms with Crippen LogP contribution in [0.3, 0.4) is 0 Å². The summed E-state index contributed by atoms with van der Waals surface area (Å²) in [6, 6.07) is 9.03. The molecule has 0 radical (unpaired) electrons. The van der Waals surface area contributed by atoms with Crippen molar-refractivity contribution in [2.24, 2.45) is 0 Å². The molecular formula is C12H7N5O. The molecular weight excluding hydrogens is 230 g/mol. The first-order valence-corrected chi connectivity index (χ1v) is 5.22. The fraction of sp³-hybridized carbons (Fsp3) is 0. The molecule has 0 saturated carbocycles. The van der Waals surface area contributed by atoms with E-state index in [-0.39, 0.29) is 11.5 Å². The van der Waals surface area contributed by atoms with Gasteiger partial charge in [-0.3, -0.25) is 0 Å². The van der Waals surface area contributed by atoms with Gasteiger partial charge in [-0.2, -0.15) is 5.26 Å². The van der Waals surface area contributed by atoms with Crippen LogP contribution in [0, 0.1) is 11.3 Å². The van der Waals surface area contributed by atoms with Crippen LogP contribution >= 0.6 is 0 Å². The van der Waals surface area contributed by atoms with Crippen LogP contribution in [0.4, 0.5) is 0 Å². The molecule has 0 aliphatic rings. The minimum atomic E-state index is -0.248. The van der Waals surface area contributed by atoms with Crippen LogP contribution in [0.2, 0.25) is 0 Å². The topological polar surface area (TPSA) is 98.2 Å². The molecule has 2 heterocycles. The van der Waals surface area contributed by atoms with Crippen molar-refractivity contribution in [3.8, 4) is 17.3 Å². The summed E-state index contributed by atoms with van der Waals surface area (Å²) >= 11 is 0. The maximum absolute atomic E-state index is 11.2. The number of benzene rings is 1. The number of hydrogen-bond acceptors (Lipinski definition) is 4. The molecule has 0 amide bonds. The number of rotatable bonds is 1. The van der Waals surface area contributed by atoms with Gasteiger partial charge in [-0.15, -0.1) is 0 Å². The van der Waals surface area contributed by atoms with Crippen molar-refractivity contribution in [1.82, 2.24) is 19.9 Å². The van der Waals surface area contributed by atoms with Crippen molar-refractivity contribution < 1.29 is 0 Å². The Morgan fingerprint density at radius 1 is 1.17 bits per heavy atom. The van der Waals surface area contributed by atoms with Crippen molar-refractivity contribution in [2.45, 2.75) is 0 Å². The van der Waals surface area contributed by atoms with E-state index in [9.17, 15) is 4.79 Å². The lowest BCUT2D eigenvalue weighted by atomic mass is 10.1. The maximum Gasteiger partial charge on any atom is 0.323 e. The summed E-state index contributed by atoms with van der Waals surface area (Å²) in [6.45, 7) is 0. The van der Waals surface area contributed by atoms with Gasteiger partial charge in [0, 0.05) is 11.8 Å². The number of nitrogens with one attached hydrogen (secondary N) is 2. The second kappa shape index (κ2) is 3.82. The highest BCUT2D eigenvalue weighted by Gasteiger charge is 2.04. The number of nitrogens with zero attached hydrogens (tertiary/aromatic N) is 3. The minimum Gasteiger partial charge on any atom is -0.306 e. The molecule has 0 unspecified atom stereocenters. The average molecular weight is 237 g/mol. The largest absolute Gasteiger partial charge is 0.323 e. The van der Waals surface area contributed by atoms with Crippen LogP contribution in [0.5, 0.6) is 0 Å². The molecule has 0 atom stereocenters. The van der Waals surface area contributed by atoms with E-state index in [1.807, 2.05) is 12.1 Å². The standard InChI is InChI=1S/C12H7N5O/c13-6-11-14-4-3-8(15-11)7-1-2-9-10(5-7)17-12(18)16-9/h1-5H,(H2,16,17,18). The predicted octanol–water partition coefficient (Wildman–Crippen LogP) is 1.18. The summed E-state index contributed by atoms with van der Waals surface area (Å²) in [5.74, 6) is 0.121. The van der Waals surface area contributed by atoms with Crippen molar-refractivity contribution >= 4 is 11.0 Å². The number of imidazole rings is 1. The Balaban J connectivity index is 2.18. The maximum atomic E-state index is 11.2. The van der Waals surface area contributed by atoms with Gasteiger partial charge in [0.1, 0.15) is 6.07 Å². The normalized spacial score (nSPS) is 10.4. The van der Waals surface area contributed by atoms with Crippen LogP contribution in [-0.4, -0.2) is 19.9 Å². The summed E-state index contributed by atoms with van der Waals surface area (Å²) < 4.78 is 0.